The van der Waals surface area contributed by atoms with Crippen LogP contribution >= 0.6 is 0 Å². The summed E-state index contributed by atoms with van der Waals surface area (Å²) in [7, 11) is 0. The summed E-state index contributed by atoms with van der Waals surface area (Å²) in [4.78, 5) is 5.49. The average molecular weight is 503 g/mol. The van der Waals surface area contributed by atoms with Crippen LogP contribution in [0, 0.1) is 0 Å². The molecule has 0 radical (unpaired) electrons. The molecule has 2 atom stereocenters. The van der Waals surface area contributed by atoms with Gasteiger partial charge in [0.2, 0.25) is 0 Å². The van der Waals surface area contributed by atoms with Crippen LogP contribution in [0.5, 0.6) is 0 Å². The van der Waals surface area contributed by atoms with Gasteiger partial charge >= 0.3 is 0 Å². The van der Waals surface area contributed by atoms with Crippen LogP contribution in [-0.2, 0) is 6.42 Å². The third-order valence-electron chi connectivity index (χ3n) is 8.40. The Hall–Kier alpha value is -2.22. The summed E-state index contributed by atoms with van der Waals surface area (Å²) in [5.41, 5.74) is 2.87. The largest absolute Gasteiger partial charge is 0.353 e. The summed E-state index contributed by atoms with van der Waals surface area (Å²) >= 11 is 0. The summed E-state index contributed by atoms with van der Waals surface area (Å²) in [5.74, 6) is 0.448. The zero-order valence-corrected chi connectivity index (χ0v) is 24.2. The summed E-state index contributed by atoms with van der Waals surface area (Å²) in [6.45, 7) is 9.29. The molecule has 0 saturated heterocycles. The summed E-state index contributed by atoms with van der Waals surface area (Å²) in [6, 6.07) is 22.6. The topological polar surface area (TPSA) is 6.48 Å². The van der Waals surface area contributed by atoms with Gasteiger partial charge in [0.15, 0.2) is 0 Å². The molecule has 2 aromatic rings. The minimum Gasteiger partial charge on any atom is -0.353 e. The first-order valence-corrected chi connectivity index (χ1v) is 15.6. The highest BCUT2D eigenvalue weighted by Crippen LogP contribution is 2.45. The predicted molar refractivity (Wildman–Crippen MR) is 162 cm³/mol. The zero-order valence-electron chi connectivity index (χ0n) is 24.2. The second kappa shape index (κ2) is 16.6. The molecule has 0 saturated carbocycles. The Morgan fingerprint density at radius 3 is 1.54 bits per heavy atom. The number of unbranched alkanes of at least 4 members (excludes halogenated alkanes) is 10. The molecule has 1 aliphatic rings. The van der Waals surface area contributed by atoms with Crippen molar-refractivity contribution in [2.75, 3.05) is 13.1 Å². The van der Waals surface area contributed by atoms with Gasteiger partial charge in [0, 0.05) is 37.8 Å². The van der Waals surface area contributed by atoms with Crippen molar-refractivity contribution >= 4 is 0 Å². The van der Waals surface area contributed by atoms with Gasteiger partial charge in [-0.05, 0) is 30.4 Å². The normalized spacial score (nSPS) is 18.0. The Bertz CT molecular complexity index is 861. The van der Waals surface area contributed by atoms with E-state index in [0.29, 0.717) is 5.92 Å². The summed E-state index contributed by atoms with van der Waals surface area (Å²) in [5, 5.41) is 0. The molecule has 2 aromatic carbocycles. The van der Waals surface area contributed by atoms with Gasteiger partial charge in [0.25, 0.3) is 0 Å². The van der Waals surface area contributed by atoms with Gasteiger partial charge in [-0.15, -0.1) is 0 Å². The number of hydrogen-bond acceptors (Lipinski definition) is 2. The molecule has 37 heavy (non-hydrogen) atoms. The molecule has 3 rings (SSSR count). The van der Waals surface area contributed by atoms with Crippen LogP contribution in [0.2, 0.25) is 0 Å². The van der Waals surface area contributed by atoms with Crippen molar-refractivity contribution in [1.29, 1.82) is 0 Å². The van der Waals surface area contributed by atoms with E-state index in [4.69, 9.17) is 0 Å². The molecule has 1 heterocycles. The third-order valence-corrected chi connectivity index (χ3v) is 8.40. The van der Waals surface area contributed by atoms with Gasteiger partial charge in [0.1, 0.15) is 5.66 Å². The van der Waals surface area contributed by atoms with E-state index >= 15 is 0 Å². The first kappa shape index (κ1) is 29.3. The lowest BCUT2D eigenvalue weighted by atomic mass is 9.78. The van der Waals surface area contributed by atoms with E-state index < -0.39 is 0 Å². The van der Waals surface area contributed by atoms with Gasteiger partial charge < -0.3 is 9.80 Å². The molecule has 0 N–H and O–H groups in total. The molecular formula is C35H54N2. The van der Waals surface area contributed by atoms with E-state index in [0.717, 1.165) is 25.9 Å². The van der Waals surface area contributed by atoms with Crippen molar-refractivity contribution < 1.29 is 0 Å². The Kier molecular flexibility index (Phi) is 13.2. The lowest BCUT2D eigenvalue weighted by Gasteiger charge is -2.51. The van der Waals surface area contributed by atoms with Crippen molar-refractivity contribution in [3.8, 4) is 0 Å². The highest BCUT2D eigenvalue weighted by atomic mass is 15.4. The van der Waals surface area contributed by atoms with Gasteiger partial charge in [0.05, 0.1) is 0 Å². The molecule has 204 valence electrons. The second-order valence-electron chi connectivity index (χ2n) is 11.1. The van der Waals surface area contributed by atoms with E-state index in [1.807, 2.05) is 0 Å². The molecule has 0 fully saturated rings. The molecule has 2 nitrogen and oxygen atoms in total. The Labute approximate surface area is 229 Å². The lowest BCUT2D eigenvalue weighted by molar-refractivity contribution is -0.00377. The minimum absolute atomic E-state index is 0.0508. The molecule has 2 unspecified atom stereocenters. The Morgan fingerprint density at radius 2 is 1.03 bits per heavy atom. The standard InChI is InChI=1S/C35H54N2/c1-4-7-9-11-12-13-14-22-28-37-30-29-36(27-21-10-8-5-2)35(37,31-32-23-17-15-18-24-32)34(6-3)33-25-19-16-20-26-33/h15-20,23-26,29-30,34H,4-14,21-22,27-28,31H2,1-3H3. The van der Waals surface area contributed by atoms with Crippen LogP contribution in [0.1, 0.15) is 121 Å². The average Bonchev–Trinajstić information content (AvgIpc) is 3.26. The molecular weight excluding hydrogens is 448 g/mol. The number of hydrogen-bond donors (Lipinski definition) is 0. The second-order valence-corrected chi connectivity index (χ2v) is 11.1. The van der Waals surface area contributed by atoms with E-state index in [1.165, 1.54) is 88.2 Å². The van der Waals surface area contributed by atoms with Gasteiger partial charge in [-0.1, -0.05) is 146 Å². The lowest BCUT2D eigenvalue weighted by Crippen LogP contribution is -2.59. The van der Waals surface area contributed by atoms with E-state index in [-0.39, 0.29) is 5.66 Å². The number of benzene rings is 2. The van der Waals surface area contributed by atoms with Crippen molar-refractivity contribution in [1.82, 2.24) is 9.80 Å². The van der Waals surface area contributed by atoms with E-state index in [9.17, 15) is 0 Å². The first-order valence-electron chi connectivity index (χ1n) is 15.6. The first-order chi connectivity index (χ1) is 18.3. The van der Waals surface area contributed by atoms with Gasteiger partial charge in [-0.3, -0.25) is 0 Å². The van der Waals surface area contributed by atoms with Crippen LogP contribution in [0.3, 0.4) is 0 Å². The molecule has 0 aliphatic carbocycles. The van der Waals surface area contributed by atoms with Gasteiger partial charge in [-0.25, -0.2) is 0 Å². The minimum atomic E-state index is -0.0508. The fraction of sp³-hybridized carbons (Fsp3) is 0.600. The van der Waals surface area contributed by atoms with Crippen molar-refractivity contribution in [3.05, 3.63) is 84.2 Å². The van der Waals surface area contributed by atoms with Gasteiger partial charge in [-0.2, -0.15) is 0 Å². The molecule has 0 amide bonds. The smallest absolute Gasteiger partial charge is 0.123 e. The number of rotatable bonds is 19. The van der Waals surface area contributed by atoms with Crippen LogP contribution < -0.4 is 0 Å². The highest BCUT2D eigenvalue weighted by Gasteiger charge is 2.49. The van der Waals surface area contributed by atoms with Crippen LogP contribution in [-0.4, -0.2) is 28.6 Å². The van der Waals surface area contributed by atoms with Crippen molar-refractivity contribution in [3.63, 3.8) is 0 Å². The molecule has 0 spiro atoms. The highest BCUT2D eigenvalue weighted by molar-refractivity contribution is 5.30. The van der Waals surface area contributed by atoms with E-state index in [2.05, 4.69) is 104 Å². The molecule has 1 aliphatic heterocycles. The summed E-state index contributed by atoms with van der Waals surface area (Å²) < 4.78 is 0. The predicted octanol–water partition coefficient (Wildman–Crippen LogP) is 9.93. The quantitative estimate of drug-likeness (QED) is 0.176. The van der Waals surface area contributed by atoms with E-state index in [1.54, 1.807) is 0 Å². The maximum atomic E-state index is 2.75. The Morgan fingerprint density at radius 1 is 0.568 bits per heavy atom. The van der Waals surface area contributed by atoms with Crippen LogP contribution in [0.25, 0.3) is 0 Å². The maximum Gasteiger partial charge on any atom is 0.123 e. The van der Waals surface area contributed by atoms with Crippen molar-refractivity contribution in [2.24, 2.45) is 0 Å². The fourth-order valence-corrected chi connectivity index (χ4v) is 6.38. The van der Waals surface area contributed by atoms with Crippen molar-refractivity contribution in [2.45, 2.75) is 122 Å². The van der Waals surface area contributed by atoms with Crippen LogP contribution in [0.4, 0.5) is 0 Å². The summed E-state index contributed by atoms with van der Waals surface area (Å²) in [6.07, 6.45) is 23.2. The van der Waals surface area contributed by atoms with Crippen LogP contribution in [0.15, 0.2) is 73.1 Å². The molecule has 2 heteroatoms. The Balaban J connectivity index is 1.84. The number of nitrogens with zero attached hydrogens (tertiary/aromatic N) is 2. The molecule has 0 aromatic heterocycles. The fourth-order valence-electron chi connectivity index (χ4n) is 6.38. The maximum absolute atomic E-state index is 2.75. The zero-order chi connectivity index (χ0) is 26.2. The third kappa shape index (κ3) is 8.39. The monoisotopic (exact) mass is 502 g/mol. The SMILES string of the molecule is CCCCCCCCCCN1C=CN(CCCCCC)C1(Cc1ccccc1)C(CC)c1ccccc1. The molecule has 0 bridgehead atoms.